The monoisotopic (exact) mass is 198 g/mol. The Morgan fingerprint density at radius 3 is 2.93 bits per heavy atom. The molecular weight excluding hydrogens is 188 g/mol. The number of allylic oxidation sites excluding steroid dienone is 1. The van der Waals surface area contributed by atoms with Gasteiger partial charge >= 0.3 is 12.1 Å². The van der Waals surface area contributed by atoms with Crippen molar-refractivity contribution in [3.05, 3.63) is 12.2 Å². The summed E-state index contributed by atoms with van der Waals surface area (Å²) in [5.41, 5.74) is 0. The largest absolute Gasteiger partial charge is 0.515 e. The van der Waals surface area contributed by atoms with Crippen molar-refractivity contribution in [2.45, 2.75) is 18.6 Å². The maximum absolute atomic E-state index is 11.2. The number of rotatable bonds is 1. The third kappa shape index (κ3) is 1.34. The van der Waals surface area contributed by atoms with Gasteiger partial charge in [0.15, 0.2) is 0 Å². The van der Waals surface area contributed by atoms with Crippen molar-refractivity contribution in [2.24, 2.45) is 5.92 Å². The zero-order valence-corrected chi connectivity index (χ0v) is 7.69. The first kappa shape index (κ1) is 9.05. The van der Waals surface area contributed by atoms with Crippen molar-refractivity contribution in [3.8, 4) is 0 Å². The summed E-state index contributed by atoms with van der Waals surface area (Å²) < 4.78 is 14.3. The van der Waals surface area contributed by atoms with Gasteiger partial charge in [0.2, 0.25) is 0 Å². The second-order valence-electron chi connectivity index (χ2n) is 3.33. The standard InChI is InChI=1S/C9H10O5/c1-12-7(10)6-3-2-4-9(5-6)13-8(11)14-9/h2,4,6H,3,5H2,1H3. The molecule has 1 atom stereocenters. The van der Waals surface area contributed by atoms with E-state index in [2.05, 4.69) is 4.74 Å². The molecule has 1 saturated heterocycles. The van der Waals surface area contributed by atoms with E-state index < -0.39 is 11.9 Å². The van der Waals surface area contributed by atoms with Crippen LogP contribution in [0, 0.1) is 5.92 Å². The number of methoxy groups -OCH3 is 1. The minimum Gasteiger partial charge on any atom is -0.469 e. The van der Waals surface area contributed by atoms with Crippen LogP contribution in [0.4, 0.5) is 4.79 Å². The van der Waals surface area contributed by atoms with E-state index in [1.54, 1.807) is 12.2 Å². The Hall–Kier alpha value is -1.52. The Morgan fingerprint density at radius 1 is 1.64 bits per heavy atom. The predicted molar refractivity (Wildman–Crippen MR) is 44.2 cm³/mol. The van der Waals surface area contributed by atoms with Gasteiger partial charge in [-0.15, -0.1) is 0 Å². The average molecular weight is 198 g/mol. The summed E-state index contributed by atoms with van der Waals surface area (Å²) in [6.07, 6.45) is 3.66. The summed E-state index contributed by atoms with van der Waals surface area (Å²) in [6.45, 7) is 0. The first-order chi connectivity index (χ1) is 6.65. The van der Waals surface area contributed by atoms with E-state index in [4.69, 9.17) is 9.47 Å². The summed E-state index contributed by atoms with van der Waals surface area (Å²) in [4.78, 5) is 21.7. The van der Waals surface area contributed by atoms with E-state index in [0.29, 0.717) is 12.8 Å². The number of ether oxygens (including phenoxy) is 3. The number of esters is 1. The summed E-state index contributed by atoms with van der Waals surface area (Å²) in [6, 6.07) is 0. The lowest BCUT2D eigenvalue weighted by molar-refractivity contribution is -0.251. The number of hydrogen-bond acceptors (Lipinski definition) is 5. The maximum Gasteiger partial charge on any atom is 0.515 e. The molecule has 1 fully saturated rings. The molecule has 1 spiro atoms. The third-order valence-corrected chi connectivity index (χ3v) is 2.37. The van der Waals surface area contributed by atoms with E-state index in [1.807, 2.05) is 0 Å². The van der Waals surface area contributed by atoms with Crippen LogP contribution in [0.2, 0.25) is 0 Å². The highest BCUT2D eigenvalue weighted by Crippen LogP contribution is 2.38. The van der Waals surface area contributed by atoms with Crippen LogP contribution < -0.4 is 0 Å². The van der Waals surface area contributed by atoms with E-state index in [1.165, 1.54) is 7.11 Å². The van der Waals surface area contributed by atoms with Gasteiger partial charge in [0.25, 0.3) is 5.79 Å². The molecule has 0 amide bonds. The lowest BCUT2D eigenvalue weighted by Gasteiger charge is -2.40. The molecule has 2 rings (SSSR count). The van der Waals surface area contributed by atoms with Gasteiger partial charge in [-0.05, 0) is 12.5 Å². The van der Waals surface area contributed by atoms with Crippen LogP contribution in [-0.4, -0.2) is 25.0 Å². The van der Waals surface area contributed by atoms with Crippen molar-refractivity contribution >= 4 is 12.1 Å². The average Bonchev–Trinajstić information content (AvgIpc) is 2.15. The van der Waals surface area contributed by atoms with Crippen LogP contribution in [0.5, 0.6) is 0 Å². The molecule has 1 heterocycles. The molecule has 0 N–H and O–H groups in total. The Balaban J connectivity index is 2.05. The second kappa shape index (κ2) is 3.01. The lowest BCUT2D eigenvalue weighted by atomic mass is 9.89. The topological polar surface area (TPSA) is 61.8 Å². The molecule has 1 aliphatic carbocycles. The highest BCUT2D eigenvalue weighted by Gasteiger charge is 2.50. The first-order valence-corrected chi connectivity index (χ1v) is 4.33. The molecule has 1 aliphatic heterocycles. The smallest absolute Gasteiger partial charge is 0.469 e. The molecule has 0 saturated carbocycles. The molecule has 76 valence electrons. The lowest BCUT2D eigenvalue weighted by Crippen LogP contribution is -2.51. The maximum atomic E-state index is 11.2. The van der Waals surface area contributed by atoms with E-state index >= 15 is 0 Å². The number of carbonyl (C=O) groups is 2. The SMILES string of the molecule is COC(=O)C1CC=CC2(C1)OC(=O)O2. The molecule has 0 bridgehead atoms. The predicted octanol–water partition coefficient (Wildman–Crippen LogP) is 0.989. The third-order valence-electron chi connectivity index (χ3n) is 2.37. The fourth-order valence-electron chi connectivity index (χ4n) is 1.69. The molecule has 0 aromatic carbocycles. The van der Waals surface area contributed by atoms with Gasteiger partial charge < -0.3 is 14.2 Å². The molecule has 14 heavy (non-hydrogen) atoms. The Morgan fingerprint density at radius 2 is 2.36 bits per heavy atom. The fourth-order valence-corrected chi connectivity index (χ4v) is 1.69. The minimum absolute atomic E-state index is 0.293. The molecule has 5 nitrogen and oxygen atoms in total. The fraction of sp³-hybridized carbons (Fsp3) is 0.556. The van der Waals surface area contributed by atoms with Gasteiger partial charge in [0, 0.05) is 6.42 Å². The van der Waals surface area contributed by atoms with Crippen LogP contribution in [0.3, 0.4) is 0 Å². The number of hydrogen-bond donors (Lipinski definition) is 0. The molecular formula is C9H10O5. The molecule has 0 radical (unpaired) electrons. The highest BCUT2D eigenvalue weighted by atomic mass is 16.9. The van der Waals surface area contributed by atoms with Crippen molar-refractivity contribution in [1.82, 2.24) is 0 Å². The quantitative estimate of drug-likeness (QED) is 0.464. The van der Waals surface area contributed by atoms with Gasteiger partial charge in [0.05, 0.1) is 13.0 Å². The van der Waals surface area contributed by atoms with Gasteiger partial charge in [0.1, 0.15) is 0 Å². The second-order valence-corrected chi connectivity index (χ2v) is 3.33. The van der Waals surface area contributed by atoms with Gasteiger partial charge in [-0.25, -0.2) is 4.79 Å². The van der Waals surface area contributed by atoms with Gasteiger partial charge in [-0.3, -0.25) is 4.79 Å². The summed E-state index contributed by atoms with van der Waals surface area (Å²) in [5, 5.41) is 0. The highest BCUT2D eigenvalue weighted by molar-refractivity contribution is 5.74. The van der Waals surface area contributed by atoms with Crippen molar-refractivity contribution in [1.29, 1.82) is 0 Å². The minimum atomic E-state index is -1.01. The summed E-state index contributed by atoms with van der Waals surface area (Å²) >= 11 is 0. The van der Waals surface area contributed by atoms with Crippen LogP contribution in [0.15, 0.2) is 12.2 Å². The van der Waals surface area contributed by atoms with Crippen molar-refractivity contribution in [2.75, 3.05) is 7.11 Å². The van der Waals surface area contributed by atoms with Crippen molar-refractivity contribution < 1.29 is 23.8 Å². The summed E-state index contributed by atoms with van der Waals surface area (Å²) in [5.74, 6) is -1.60. The number of carbonyl (C=O) groups excluding carboxylic acids is 2. The van der Waals surface area contributed by atoms with Crippen LogP contribution in [0.1, 0.15) is 12.8 Å². The molecule has 1 unspecified atom stereocenters. The van der Waals surface area contributed by atoms with Crippen LogP contribution in [0.25, 0.3) is 0 Å². The Bertz CT molecular complexity index is 298. The first-order valence-electron chi connectivity index (χ1n) is 4.33. The van der Waals surface area contributed by atoms with Gasteiger partial charge in [-0.2, -0.15) is 0 Å². The van der Waals surface area contributed by atoms with Crippen LogP contribution in [-0.2, 0) is 19.0 Å². The van der Waals surface area contributed by atoms with E-state index in [-0.39, 0.29) is 11.9 Å². The van der Waals surface area contributed by atoms with Crippen LogP contribution >= 0.6 is 0 Å². The zero-order valence-electron chi connectivity index (χ0n) is 7.69. The molecule has 0 aromatic heterocycles. The Labute approximate surface area is 80.6 Å². The van der Waals surface area contributed by atoms with E-state index in [9.17, 15) is 9.59 Å². The summed E-state index contributed by atoms with van der Waals surface area (Å²) in [7, 11) is 1.33. The Kier molecular flexibility index (Phi) is 1.94. The van der Waals surface area contributed by atoms with E-state index in [0.717, 1.165) is 0 Å². The molecule has 5 heteroatoms. The normalized spacial score (nSPS) is 27.5. The molecule has 2 aliphatic rings. The molecule has 0 aromatic rings. The van der Waals surface area contributed by atoms with Gasteiger partial charge in [-0.1, -0.05) is 6.08 Å². The van der Waals surface area contributed by atoms with Crippen molar-refractivity contribution in [3.63, 3.8) is 0 Å². The zero-order chi connectivity index (χ0) is 10.2.